The second kappa shape index (κ2) is 9.59. The van der Waals surface area contributed by atoms with Crippen LogP contribution in [0.3, 0.4) is 0 Å². The molecule has 7 rings (SSSR count). The van der Waals surface area contributed by atoms with Crippen molar-refractivity contribution in [2.75, 3.05) is 23.9 Å². The fourth-order valence-electron chi connectivity index (χ4n) is 7.75. The van der Waals surface area contributed by atoms with Crippen LogP contribution in [0.5, 0.6) is 5.75 Å². The van der Waals surface area contributed by atoms with Gasteiger partial charge in [0.25, 0.3) is 5.91 Å². The van der Waals surface area contributed by atoms with Gasteiger partial charge in [0.1, 0.15) is 11.8 Å². The van der Waals surface area contributed by atoms with Gasteiger partial charge >= 0.3 is 0 Å². The van der Waals surface area contributed by atoms with Gasteiger partial charge < -0.3 is 15.0 Å². The van der Waals surface area contributed by atoms with Crippen LogP contribution in [0.4, 0.5) is 11.4 Å². The molecule has 0 unspecified atom stereocenters. The minimum absolute atomic E-state index is 0.0431. The van der Waals surface area contributed by atoms with Crippen molar-refractivity contribution in [2.24, 2.45) is 23.2 Å². The number of rotatable bonds is 7. The molecule has 2 aromatic carbocycles. The van der Waals surface area contributed by atoms with Crippen molar-refractivity contribution < 1.29 is 14.3 Å². The minimum atomic E-state index is -0.630. The monoisotopic (exact) mass is 537 g/mol. The third kappa shape index (κ3) is 4.72. The molecule has 0 radical (unpaired) electrons. The van der Waals surface area contributed by atoms with E-state index in [4.69, 9.17) is 28.6 Å². The number of nitrogens with one attached hydrogen (secondary N) is 1. The van der Waals surface area contributed by atoms with Crippen LogP contribution >= 0.6 is 23.8 Å². The maximum atomic E-state index is 13.8. The summed E-state index contributed by atoms with van der Waals surface area (Å²) in [6, 6.07) is 13.7. The van der Waals surface area contributed by atoms with Crippen LogP contribution in [0.1, 0.15) is 44.9 Å². The lowest BCUT2D eigenvalue weighted by Gasteiger charge is -2.58. The molecule has 1 atom stereocenters. The third-order valence-corrected chi connectivity index (χ3v) is 9.50. The van der Waals surface area contributed by atoms with Crippen LogP contribution in [0.25, 0.3) is 0 Å². The highest BCUT2D eigenvalue weighted by atomic mass is 35.5. The van der Waals surface area contributed by atoms with Crippen LogP contribution in [-0.4, -0.2) is 41.5 Å². The maximum absolute atomic E-state index is 13.8. The Morgan fingerprint density at radius 1 is 1.03 bits per heavy atom. The van der Waals surface area contributed by atoms with Crippen molar-refractivity contribution in [3.63, 3.8) is 0 Å². The molecular formula is C29H32ClN3O3S. The van der Waals surface area contributed by atoms with Gasteiger partial charge in [0, 0.05) is 17.3 Å². The largest absolute Gasteiger partial charge is 0.497 e. The van der Waals surface area contributed by atoms with E-state index < -0.39 is 6.04 Å². The number of amides is 2. The smallest absolute Gasteiger partial charge is 0.256 e. The first-order valence-electron chi connectivity index (χ1n) is 13.2. The van der Waals surface area contributed by atoms with E-state index in [2.05, 4.69) is 10.2 Å². The number of methoxy groups -OCH3 is 1. The van der Waals surface area contributed by atoms with Crippen LogP contribution in [0, 0.1) is 23.2 Å². The fraction of sp³-hybridized carbons (Fsp3) is 0.483. The third-order valence-electron chi connectivity index (χ3n) is 8.83. The van der Waals surface area contributed by atoms with Crippen molar-refractivity contribution >= 4 is 52.1 Å². The molecule has 0 aromatic heterocycles. The van der Waals surface area contributed by atoms with Crippen LogP contribution < -0.4 is 15.0 Å². The average molecular weight is 538 g/mol. The lowest BCUT2D eigenvalue weighted by Crippen LogP contribution is -2.53. The van der Waals surface area contributed by atoms with E-state index in [-0.39, 0.29) is 23.7 Å². The standard InChI is InChI=1S/C29H32ClN3O3S/c1-36-24-8-4-22(5-9-24)31-26(34)13-25-27(35)33(23-6-2-21(30)3-7-23)28(37)32(25)17-29-14-18-10-19(15-29)12-20(11-18)16-29/h2-9,18-20,25H,10-17H2,1H3,(H,31,34)/t18?,19?,20?,25-,29?/m0/s1. The molecule has 4 bridgehead atoms. The number of hydrogen-bond acceptors (Lipinski definition) is 4. The first-order valence-corrected chi connectivity index (χ1v) is 14.0. The lowest BCUT2D eigenvalue weighted by atomic mass is 9.49. The Morgan fingerprint density at radius 3 is 2.19 bits per heavy atom. The molecular weight excluding hydrogens is 506 g/mol. The molecule has 0 spiro atoms. The quantitative estimate of drug-likeness (QED) is 0.446. The molecule has 6 nitrogen and oxygen atoms in total. The van der Waals surface area contributed by atoms with Gasteiger partial charge in [-0.25, -0.2) is 0 Å². The molecule has 37 heavy (non-hydrogen) atoms. The van der Waals surface area contributed by atoms with Crippen LogP contribution in [0.2, 0.25) is 5.02 Å². The van der Waals surface area contributed by atoms with Gasteiger partial charge in [0.05, 0.1) is 19.2 Å². The van der Waals surface area contributed by atoms with Crippen molar-refractivity contribution in [3.8, 4) is 5.75 Å². The van der Waals surface area contributed by atoms with Crippen molar-refractivity contribution in [3.05, 3.63) is 53.6 Å². The first-order chi connectivity index (χ1) is 17.8. The number of benzene rings is 2. The van der Waals surface area contributed by atoms with E-state index in [1.54, 1.807) is 48.4 Å². The minimum Gasteiger partial charge on any atom is -0.497 e. The van der Waals surface area contributed by atoms with E-state index in [9.17, 15) is 9.59 Å². The zero-order chi connectivity index (χ0) is 25.7. The van der Waals surface area contributed by atoms with E-state index in [1.165, 1.54) is 38.5 Å². The summed E-state index contributed by atoms with van der Waals surface area (Å²) in [5.41, 5.74) is 1.54. The second-order valence-electron chi connectivity index (χ2n) is 11.5. The van der Waals surface area contributed by atoms with E-state index in [1.807, 2.05) is 12.1 Å². The van der Waals surface area contributed by atoms with E-state index in [0.29, 0.717) is 21.5 Å². The number of ether oxygens (including phenoxy) is 1. The Kier molecular flexibility index (Phi) is 6.40. The summed E-state index contributed by atoms with van der Waals surface area (Å²) in [5, 5.41) is 4.04. The molecule has 1 heterocycles. The number of nitrogens with zero attached hydrogens (tertiary/aromatic N) is 2. The zero-order valence-electron chi connectivity index (χ0n) is 21.0. The number of hydrogen-bond donors (Lipinski definition) is 1. The number of halogens is 1. The van der Waals surface area contributed by atoms with Gasteiger partial charge in [-0.2, -0.15) is 0 Å². The van der Waals surface area contributed by atoms with Gasteiger partial charge in [0.15, 0.2) is 5.11 Å². The highest BCUT2D eigenvalue weighted by Gasteiger charge is 2.54. The number of anilines is 2. The maximum Gasteiger partial charge on any atom is 0.256 e. The Balaban J connectivity index is 1.26. The number of thiocarbonyl (C=S) groups is 1. The summed E-state index contributed by atoms with van der Waals surface area (Å²) in [6.45, 7) is 0.742. The Bertz CT molecular complexity index is 1180. The summed E-state index contributed by atoms with van der Waals surface area (Å²) in [5.74, 6) is 2.74. The predicted molar refractivity (Wildman–Crippen MR) is 149 cm³/mol. The average Bonchev–Trinajstić information content (AvgIpc) is 3.08. The topological polar surface area (TPSA) is 61.9 Å². The first kappa shape index (κ1) is 24.7. The molecule has 1 N–H and O–H groups in total. The Labute approximate surface area is 228 Å². The highest BCUT2D eigenvalue weighted by molar-refractivity contribution is 7.80. The Morgan fingerprint density at radius 2 is 1.62 bits per heavy atom. The van der Waals surface area contributed by atoms with Crippen LogP contribution in [0.15, 0.2) is 48.5 Å². The number of carbonyl (C=O) groups is 2. The van der Waals surface area contributed by atoms with Crippen molar-refractivity contribution in [2.45, 2.75) is 51.0 Å². The molecule has 1 saturated heterocycles. The summed E-state index contributed by atoms with van der Waals surface area (Å²) in [6.07, 6.45) is 7.73. The van der Waals surface area contributed by atoms with Crippen molar-refractivity contribution in [1.29, 1.82) is 0 Å². The lowest BCUT2D eigenvalue weighted by molar-refractivity contribution is -0.125. The molecule has 8 heteroatoms. The van der Waals surface area contributed by atoms with Crippen LogP contribution in [-0.2, 0) is 9.59 Å². The van der Waals surface area contributed by atoms with E-state index in [0.717, 1.165) is 30.0 Å². The van der Waals surface area contributed by atoms with Gasteiger partial charge in [-0.3, -0.25) is 14.5 Å². The molecule has 5 fully saturated rings. The normalized spacial score (nSPS) is 30.2. The summed E-state index contributed by atoms with van der Waals surface area (Å²) in [4.78, 5) is 30.7. The molecule has 2 aromatic rings. The Hall–Kier alpha value is -2.64. The molecule has 2 amide bonds. The summed E-state index contributed by atoms with van der Waals surface area (Å²) >= 11 is 12.1. The summed E-state index contributed by atoms with van der Waals surface area (Å²) in [7, 11) is 1.60. The fourth-order valence-corrected chi connectivity index (χ4v) is 8.26. The van der Waals surface area contributed by atoms with Gasteiger partial charge in [-0.1, -0.05) is 11.6 Å². The molecule has 194 valence electrons. The molecule has 5 aliphatic rings. The highest BCUT2D eigenvalue weighted by Crippen LogP contribution is 2.60. The zero-order valence-corrected chi connectivity index (χ0v) is 22.6. The number of carbonyl (C=O) groups excluding carboxylic acids is 2. The van der Waals surface area contributed by atoms with Gasteiger partial charge in [-0.15, -0.1) is 0 Å². The SMILES string of the molecule is COc1ccc(NC(=O)C[C@H]2C(=O)N(c3ccc(Cl)cc3)C(=S)N2CC23CC4CC(CC(C4)C2)C3)cc1. The van der Waals surface area contributed by atoms with Gasteiger partial charge in [0.2, 0.25) is 5.91 Å². The van der Waals surface area contributed by atoms with E-state index >= 15 is 0 Å². The van der Waals surface area contributed by atoms with Crippen molar-refractivity contribution in [1.82, 2.24) is 4.90 Å². The second-order valence-corrected chi connectivity index (χ2v) is 12.3. The predicted octanol–water partition coefficient (Wildman–Crippen LogP) is 5.90. The van der Waals surface area contributed by atoms with Gasteiger partial charge in [-0.05, 0) is 122 Å². The summed E-state index contributed by atoms with van der Waals surface area (Å²) < 4.78 is 5.21. The molecule has 4 saturated carbocycles. The molecule has 1 aliphatic heterocycles. The molecule has 4 aliphatic carbocycles.